The molecular formula is C78H86N16O10. The zero-order valence-electron chi connectivity index (χ0n) is 59.1. The summed E-state index contributed by atoms with van der Waals surface area (Å²) in [4.78, 5) is 92.2. The number of amides is 6. The van der Waals surface area contributed by atoms with E-state index in [1.165, 1.54) is 23.9 Å². The molecule has 4 aliphatic rings. The number of nitrogens with one attached hydrogen (secondary N) is 4. The van der Waals surface area contributed by atoms with E-state index in [2.05, 4.69) is 100 Å². The zero-order valence-corrected chi connectivity index (χ0v) is 59.1. The van der Waals surface area contributed by atoms with Crippen molar-refractivity contribution in [3.8, 4) is 45.9 Å². The molecule has 26 heteroatoms. The van der Waals surface area contributed by atoms with E-state index < -0.39 is 72.2 Å². The number of aromatic nitrogens is 8. The summed E-state index contributed by atoms with van der Waals surface area (Å²) in [6.07, 6.45) is -0.690. The third-order valence-electron chi connectivity index (χ3n) is 20.0. The van der Waals surface area contributed by atoms with E-state index >= 15 is 0 Å². The standard InChI is InChI=1S/C78H86N16O10/c1-51(89(5)77(99)103-49-67-63-37-19-15-33-59(63)60-34-16-20-38-64(60)67)71(95)81-69(73(97)91-41-25-31-57(91)47-93-75(83-85-87-93)79-45-55-27-11-9-12-28-55)53(3)101-43-23-7-8-24-44-102-54(4)70(74(98)92-42-26-32-58(92)48-94-76(84-86-88-94)80-46-56-29-13-10-14-30-56)82-72(96)52(2)90(6)78(100)104-50-68-65-39-21-17-35-61(65)62-36-18-22-40-66(62)68/h9-22,27-30,33-40,51-54,57-58,67-70H,25-26,31-32,41-50H2,1-6H3,(H,81,95)(H,82,96)(H,79,83,87)(H,80,84,88)/t51-,52-,53+,54+,57-,58-,69-,70-/m0/s1. The van der Waals surface area contributed by atoms with Crippen molar-refractivity contribution in [1.82, 2.24) is 70.6 Å². The maximum Gasteiger partial charge on any atom is 0.410 e. The Hall–Kier alpha value is -11.5. The minimum absolute atomic E-state index is 0.0477. The third kappa shape index (κ3) is 16.8. The van der Waals surface area contributed by atoms with E-state index in [1.54, 1.807) is 46.9 Å². The highest BCUT2D eigenvalue weighted by Crippen LogP contribution is 2.46. The second kappa shape index (κ2) is 34.0. The first-order valence-electron chi connectivity index (χ1n) is 35.3. The first-order chi connectivity index (χ1) is 50.6. The van der Waals surface area contributed by atoms with Gasteiger partial charge < -0.3 is 50.0 Å². The highest BCUT2D eigenvalue weighted by Gasteiger charge is 2.42. The molecule has 2 fully saturated rings. The fraction of sp³-hybridized carbons (Fsp3) is 0.385. The number of fused-ring (bicyclic) bond motifs is 6. The molecule has 538 valence electrons. The van der Waals surface area contributed by atoms with Crippen LogP contribution in [0.5, 0.6) is 0 Å². The molecule has 2 aromatic heterocycles. The molecule has 104 heavy (non-hydrogen) atoms. The van der Waals surface area contributed by atoms with Gasteiger partial charge in [-0.1, -0.05) is 180 Å². The van der Waals surface area contributed by atoms with Gasteiger partial charge in [-0.3, -0.25) is 29.0 Å². The largest absolute Gasteiger partial charge is 0.448 e. The quantitative estimate of drug-likeness (QED) is 0.0339. The number of hydrogen-bond donors (Lipinski definition) is 4. The minimum atomic E-state index is -1.24. The molecule has 2 saturated heterocycles. The van der Waals surface area contributed by atoms with Crippen molar-refractivity contribution in [2.45, 2.75) is 140 Å². The number of carbonyl (C=O) groups excluding carboxylic acids is 6. The molecule has 4 N–H and O–H groups in total. The number of benzene rings is 6. The molecular weight excluding hydrogens is 1320 g/mol. The lowest BCUT2D eigenvalue weighted by molar-refractivity contribution is -0.142. The second-order valence-electron chi connectivity index (χ2n) is 26.5. The van der Waals surface area contributed by atoms with Crippen molar-refractivity contribution >= 4 is 47.7 Å². The maximum absolute atomic E-state index is 15.0. The number of rotatable bonds is 28. The third-order valence-corrected chi connectivity index (χ3v) is 20.0. The van der Waals surface area contributed by atoms with Crippen LogP contribution in [-0.2, 0) is 64.3 Å². The van der Waals surface area contributed by atoms with Gasteiger partial charge in [-0.25, -0.2) is 19.0 Å². The number of anilines is 2. The minimum Gasteiger partial charge on any atom is -0.448 e. The predicted octanol–water partition coefficient (Wildman–Crippen LogP) is 7.89. The van der Waals surface area contributed by atoms with Gasteiger partial charge in [0.15, 0.2) is 0 Å². The van der Waals surface area contributed by atoms with Gasteiger partial charge in [0, 0.05) is 52.1 Å². The second-order valence-corrected chi connectivity index (χ2v) is 26.5. The lowest BCUT2D eigenvalue weighted by atomic mass is 9.98. The number of ether oxygens (including phenoxy) is 4. The van der Waals surface area contributed by atoms with Crippen LogP contribution in [0.25, 0.3) is 22.3 Å². The van der Waals surface area contributed by atoms with Gasteiger partial charge in [-0.2, -0.15) is 0 Å². The van der Waals surface area contributed by atoms with Crippen molar-refractivity contribution in [3.63, 3.8) is 0 Å². The highest BCUT2D eigenvalue weighted by molar-refractivity contribution is 5.93. The van der Waals surface area contributed by atoms with Gasteiger partial charge in [0.2, 0.25) is 35.5 Å². The Morgan fingerprint density at radius 1 is 0.490 bits per heavy atom. The van der Waals surface area contributed by atoms with Crippen LogP contribution in [0.15, 0.2) is 158 Å². The molecule has 6 aromatic carbocycles. The first kappa shape index (κ1) is 72.3. The van der Waals surface area contributed by atoms with Crippen LogP contribution < -0.4 is 21.3 Å². The Morgan fingerprint density at radius 2 is 0.837 bits per heavy atom. The lowest BCUT2D eigenvalue weighted by Crippen LogP contribution is -2.58. The summed E-state index contributed by atoms with van der Waals surface area (Å²) in [5.41, 5.74) is 10.6. The molecule has 26 nitrogen and oxygen atoms in total. The van der Waals surface area contributed by atoms with E-state index in [0.717, 1.165) is 55.6 Å². The topological polar surface area (TPSA) is 288 Å². The molecule has 2 aliphatic heterocycles. The van der Waals surface area contributed by atoms with Crippen molar-refractivity contribution in [3.05, 3.63) is 191 Å². The Bertz CT molecular complexity index is 4100. The van der Waals surface area contributed by atoms with Crippen LogP contribution in [0.4, 0.5) is 21.5 Å². The molecule has 8 aromatic rings. The van der Waals surface area contributed by atoms with Crippen LogP contribution in [0, 0.1) is 23.7 Å². The average Bonchev–Trinajstić information content (AvgIpc) is 1.62. The number of carbonyl (C=O) groups is 6. The Balaban J connectivity index is 0.697. The summed E-state index contributed by atoms with van der Waals surface area (Å²) in [7, 11) is 2.96. The molecule has 8 atom stereocenters. The van der Waals surface area contributed by atoms with Crippen LogP contribution in [0.2, 0.25) is 0 Å². The number of hydrogen-bond acceptors (Lipinski definition) is 18. The molecule has 0 unspecified atom stereocenters. The van der Waals surface area contributed by atoms with Gasteiger partial charge in [0.1, 0.15) is 50.6 Å². The van der Waals surface area contributed by atoms with Crippen molar-refractivity contribution in [2.24, 2.45) is 0 Å². The van der Waals surface area contributed by atoms with Gasteiger partial charge >= 0.3 is 12.2 Å². The fourth-order valence-electron chi connectivity index (χ4n) is 13.9. The summed E-state index contributed by atoms with van der Waals surface area (Å²) in [5.74, 6) is 9.74. The number of nitrogens with zero attached hydrogens (tertiary/aromatic N) is 12. The molecule has 6 amide bonds. The SMILES string of the molecule is C[C@@H](OCC#CC#CCO[C@H](C)[C@H](NC(=O)[C@H](C)N(C)C(=O)OCC1c2ccccc2-c2ccccc21)C(=O)N1CCC[C@H]1Cn1nnnc1NCc1ccccc1)[C@H](NC(=O)[C@H](C)N(C)C(=O)OCC1c2ccccc2-c2ccccc21)C(=O)N1CCC[C@H]1Cn1nnnc1NCc1ccccc1. The Labute approximate surface area is 604 Å². The molecule has 0 bridgehead atoms. The van der Waals surface area contributed by atoms with Gasteiger partial charge in [-0.15, -0.1) is 0 Å². The van der Waals surface area contributed by atoms with Gasteiger partial charge in [0.05, 0.1) is 37.4 Å². The van der Waals surface area contributed by atoms with Crippen LogP contribution in [0.3, 0.4) is 0 Å². The normalized spacial score (nSPS) is 16.6. The van der Waals surface area contributed by atoms with Crippen LogP contribution in [0.1, 0.15) is 98.6 Å². The molecule has 4 heterocycles. The van der Waals surface area contributed by atoms with E-state index in [-0.39, 0.29) is 63.4 Å². The van der Waals surface area contributed by atoms with E-state index in [4.69, 9.17) is 18.9 Å². The maximum atomic E-state index is 15.0. The average molecular weight is 1410 g/mol. The Kier molecular flexibility index (Phi) is 23.6. The molecule has 2 aliphatic carbocycles. The number of likely N-dealkylation sites (N-methyl/N-ethyl adjacent to an activating group) is 2. The predicted molar refractivity (Wildman–Crippen MR) is 387 cm³/mol. The first-order valence-corrected chi connectivity index (χ1v) is 35.3. The fourth-order valence-corrected chi connectivity index (χ4v) is 13.9. The van der Waals surface area contributed by atoms with Crippen molar-refractivity contribution in [1.29, 1.82) is 0 Å². The summed E-state index contributed by atoms with van der Waals surface area (Å²) < 4.78 is 27.5. The number of likely N-dealkylation sites (tertiary alicyclic amines) is 2. The molecule has 0 spiro atoms. The van der Waals surface area contributed by atoms with Crippen molar-refractivity contribution in [2.75, 3.05) is 64.2 Å². The summed E-state index contributed by atoms with van der Waals surface area (Å²) in [6.45, 7) is 8.41. The smallest absolute Gasteiger partial charge is 0.410 e. The Morgan fingerprint density at radius 3 is 1.20 bits per heavy atom. The zero-order chi connectivity index (χ0) is 72.6. The van der Waals surface area contributed by atoms with Crippen molar-refractivity contribution < 1.29 is 47.7 Å². The van der Waals surface area contributed by atoms with Gasteiger partial charge in [-0.05, 0) is 142 Å². The van der Waals surface area contributed by atoms with E-state index in [0.29, 0.717) is 63.8 Å². The molecule has 12 rings (SSSR count). The molecule has 0 radical (unpaired) electrons. The van der Waals surface area contributed by atoms with Crippen LogP contribution >= 0.6 is 0 Å². The molecule has 0 saturated carbocycles. The number of tetrazole rings is 2. The van der Waals surface area contributed by atoms with Gasteiger partial charge in [0.25, 0.3) is 0 Å². The van der Waals surface area contributed by atoms with Crippen LogP contribution in [-0.4, -0.2) is 198 Å². The summed E-state index contributed by atoms with van der Waals surface area (Å²) in [5, 5.41) is 37.2. The lowest BCUT2D eigenvalue weighted by Gasteiger charge is -2.33. The summed E-state index contributed by atoms with van der Waals surface area (Å²) in [6, 6.07) is 46.4. The monoisotopic (exact) mass is 1410 g/mol. The van der Waals surface area contributed by atoms with E-state index in [1.807, 2.05) is 133 Å². The summed E-state index contributed by atoms with van der Waals surface area (Å²) >= 11 is 0. The van der Waals surface area contributed by atoms with E-state index in [9.17, 15) is 28.8 Å². The highest BCUT2D eigenvalue weighted by atomic mass is 16.6.